The number of hydrogen-bond acceptors (Lipinski definition) is 4. The Morgan fingerprint density at radius 3 is 2.70 bits per heavy atom. The van der Waals surface area contributed by atoms with Crippen molar-refractivity contribution < 1.29 is 13.9 Å². The van der Waals surface area contributed by atoms with Crippen LogP contribution in [-0.4, -0.2) is 18.5 Å². The van der Waals surface area contributed by atoms with E-state index in [4.69, 9.17) is 9.15 Å². The van der Waals surface area contributed by atoms with Crippen molar-refractivity contribution in [2.75, 3.05) is 6.61 Å². The van der Waals surface area contributed by atoms with Gasteiger partial charge in [0, 0.05) is 0 Å². The molecule has 5 nitrogen and oxygen atoms in total. The SMILES string of the molecule is CCOC(=NCc1ccccc1)NC(=O)c1ccco1. The summed E-state index contributed by atoms with van der Waals surface area (Å²) in [4.78, 5) is 16.1. The molecule has 1 amide bonds. The number of carbonyl (C=O) groups excluding carboxylic acids is 1. The highest BCUT2D eigenvalue weighted by Gasteiger charge is 2.11. The quantitative estimate of drug-likeness (QED) is 0.687. The van der Waals surface area contributed by atoms with E-state index in [1.807, 2.05) is 37.3 Å². The average molecular weight is 272 g/mol. The first-order chi connectivity index (χ1) is 9.79. The zero-order valence-corrected chi connectivity index (χ0v) is 11.2. The van der Waals surface area contributed by atoms with Gasteiger partial charge in [-0.2, -0.15) is 0 Å². The Balaban J connectivity index is 2.01. The second kappa shape index (κ2) is 7.13. The summed E-state index contributed by atoms with van der Waals surface area (Å²) in [6, 6.07) is 13.2. The average Bonchev–Trinajstić information content (AvgIpc) is 3.00. The van der Waals surface area contributed by atoms with Gasteiger partial charge < -0.3 is 9.15 Å². The predicted octanol–water partition coefficient (Wildman–Crippen LogP) is 2.60. The molecule has 0 aliphatic rings. The summed E-state index contributed by atoms with van der Waals surface area (Å²) in [5.74, 6) is -0.160. The van der Waals surface area contributed by atoms with Gasteiger partial charge in [0.15, 0.2) is 5.76 Å². The van der Waals surface area contributed by atoms with Gasteiger partial charge in [-0.15, -0.1) is 0 Å². The Kier molecular flexibility index (Phi) is 4.94. The highest BCUT2D eigenvalue weighted by atomic mass is 16.5. The lowest BCUT2D eigenvalue weighted by atomic mass is 10.2. The van der Waals surface area contributed by atoms with Crippen LogP contribution in [0.2, 0.25) is 0 Å². The van der Waals surface area contributed by atoms with E-state index in [1.54, 1.807) is 12.1 Å². The van der Waals surface area contributed by atoms with Crippen molar-refractivity contribution in [2.24, 2.45) is 4.99 Å². The molecule has 0 aliphatic carbocycles. The van der Waals surface area contributed by atoms with Gasteiger partial charge in [-0.1, -0.05) is 30.3 Å². The molecule has 2 aromatic rings. The predicted molar refractivity (Wildman–Crippen MR) is 75.4 cm³/mol. The lowest BCUT2D eigenvalue weighted by Gasteiger charge is -2.08. The van der Waals surface area contributed by atoms with Gasteiger partial charge in [0.2, 0.25) is 0 Å². The normalized spacial score (nSPS) is 11.2. The van der Waals surface area contributed by atoms with Crippen molar-refractivity contribution in [1.82, 2.24) is 5.32 Å². The molecule has 0 aliphatic heterocycles. The first-order valence-electron chi connectivity index (χ1n) is 6.35. The van der Waals surface area contributed by atoms with Crippen LogP contribution in [0.4, 0.5) is 0 Å². The van der Waals surface area contributed by atoms with E-state index in [-0.39, 0.29) is 17.7 Å². The van der Waals surface area contributed by atoms with E-state index in [1.165, 1.54) is 6.26 Å². The zero-order chi connectivity index (χ0) is 14.2. The fourth-order valence-electron chi connectivity index (χ4n) is 1.57. The molecule has 2 rings (SSSR count). The van der Waals surface area contributed by atoms with Crippen LogP contribution < -0.4 is 5.32 Å². The molecule has 0 fully saturated rings. The maximum absolute atomic E-state index is 11.8. The van der Waals surface area contributed by atoms with Crippen molar-refractivity contribution in [1.29, 1.82) is 0 Å². The number of rotatable bonds is 4. The van der Waals surface area contributed by atoms with Gasteiger partial charge in [0.25, 0.3) is 11.9 Å². The molecule has 104 valence electrons. The molecule has 20 heavy (non-hydrogen) atoms. The van der Waals surface area contributed by atoms with E-state index in [2.05, 4.69) is 10.3 Å². The van der Waals surface area contributed by atoms with Gasteiger partial charge in [0.1, 0.15) is 0 Å². The number of amidine groups is 1. The Morgan fingerprint density at radius 2 is 2.05 bits per heavy atom. The van der Waals surface area contributed by atoms with Crippen molar-refractivity contribution in [3.05, 3.63) is 60.1 Å². The van der Waals surface area contributed by atoms with Crippen LogP contribution in [0.25, 0.3) is 0 Å². The highest BCUT2D eigenvalue weighted by molar-refractivity contribution is 6.02. The first-order valence-corrected chi connectivity index (χ1v) is 6.35. The van der Waals surface area contributed by atoms with E-state index < -0.39 is 0 Å². The second-order valence-corrected chi connectivity index (χ2v) is 3.97. The summed E-state index contributed by atoms with van der Waals surface area (Å²) >= 11 is 0. The van der Waals surface area contributed by atoms with E-state index >= 15 is 0 Å². The molecular weight excluding hydrogens is 256 g/mol. The molecule has 0 unspecified atom stereocenters. The van der Waals surface area contributed by atoms with Gasteiger partial charge in [-0.3, -0.25) is 10.1 Å². The molecule has 0 radical (unpaired) electrons. The molecule has 0 saturated carbocycles. The second-order valence-electron chi connectivity index (χ2n) is 3.97. The molecule has 0 saturated heterocycles. The highest BCUT2D eigenvalue weighted by Crippen LogP contribution is 2.02. The number of nitrogens with one attached hydrogen (secondary N) is 1. The number of furan rings is 1. The summed E-state index contributed by atoms with van der Waals surface area (Å²) in [7, 11) is 0. The Hall–Kier alpha value is -2.56. The monoisotopic (exact) mass is 272 g/mol. The van der Waals surface area contributed by atoms with Crippen LogP contribution >= 0.6 is 0 Å². The van der Waals surface area contributed by atoms with Gasteiger partial charge >= 0.3 is 0 Å². The fraction of sp³-hybridized carbons (Fsp3) is 0.200. The summed E-state index contributed by atoms with van der Waals surface area (Å²) in [5.41, 5.74) is 1.04. The van der Waals surface area contributed by atoms with Gasteiger partial charge in [-0.05, 0) is 24.6 Å². The number of nitrogens with zero attached hydrogens (tertiary/aromatic N) is 1. The van der Waals surface area contributed by atoms with Crippen molar-refractivity contribution in [3.8, 4) is 0 Å². The van der Waals surface area contributed by atoms with Crippen molar-refractivity contribution >= 4 is 11.9 Å². The molecule has 0 bridgehead atoms. The van der Waals surface area contributed by atoms with Gasteiger partial charge in [0.05, 0.1) is 19.4 Å². The minimum absolute atomic E-state index is 0.192. The van der Waals surface area contributed by atoms with E-state index in [9.17, 15) is 4.79 Å². The van der Waals surface area contributed by atoms with Crippen LogP contribution in [-0.2, 0) is 11.3 Å². The molecule has 1 N–H and O–H groups in total. The summed E-state index contributed by atoms with van der Waals surface area (Å²) < 4.78 is 10.3. The van der Waals surface area contributed by atoms with Gasteiger partial charge in [-0.25, -0.2) is 4.99 Å². The van der Waals surface area contributed by atoms with Crippen molar-refractivity contribution in [3.63, 3.8) is 0 Å². The lowest BCUT2D eigenvalue weighted by Crippen LogP contribution is -2.32. The summed E-state index contributed by atoms with van der Waals surface area (Å²) in [5, 5.41) is 2.59. The standard InChI is InChI=1S/C15H16N2O3/c1-2-19-15(16-11-12-7-4-3-5-8-12)17-14(18)13-9-6-10-20-13/h3-10H,2,11H2,1H3,(H,16,17,18). The van der Waals surface area contributed by atoms with Crippen LogP contribution in [0, 0.1) is 0 Å². The molecular formula is C15H16N2O3. The zero-order valence-electron chi connectivity index (χ0n) is 11.2. The third kappa shape index (κ3) is 3.98. The third-order valence-corrected chi connectivity index (χ3v) is 2.49. The van der Waals surface area contributed by atoms with Crippen LogP contribution in [0.1, 0.15) is 23.0 Å². The maximum atomic E-state index is 11.8. The van der Waals surface area contributed by atoms with Crippen molar-refractivity contribution in [2.45, 2.75) is 13.5 Å². The van der Waals surface area contributed by atoms with E-state index in [0.717, 1.165) is 5.56 Å². The minimum atomic E-state index is -0.379. The number of aliphatic imine (C=N–C) groups is 1. The molecule has 1 heterocycles. The summed E-state index contributed by atoms with van der Waals surface area (Å²) in [6.45, 7) is 2.69. The van der Waals surface area contributed by atoms with Crippen LogP contribution in [0.15, 0.2) is 58.1 Å². The molecule has 0 atom stereocenters. The fourth-order valence-corrected chi connectivity index (χ4v) is 1.57. The third-order valence-electron chi connectivity index (χ3n) is 2.49. The largest absolute Gasteiger partial charge is 0.465 e. The molecule has 1 aromatic carbocycles. The Bertz CT molecular complexity index is 562. The topological polar surface area (TPSA) is 63.8 Å². The maximum Gasteiger partial charge on any atom is 0.294 e. The number of hydrogen-bond donors (Lipinski definition) is 1. The van der Waals surface area contributed by atoms with Crippen LogP contribution in [0.5, 0.6) is 0 Å². The molecule has 0 spiro atoms. The smallest absolute Gasteiger partial charge is 0.294 e. The number of benzene rings is 1. The lowest BCUT2D eigenvalue weighted by molar-refractivity contribution is 0.0939. The molecule has 1 aromatic heterocycles. The first kappa shape index (κ1) is 13.9. The minimum Gasteiger partial charge on any atom is -0.465 e. The number of carbonyl (C=O) groups is 1. The molecule has 5 heteroatoms. The number of ether oxygens (including phenoxy) is 1. The Labute approximate surface area is 117 Å². The van der Waals surface area contributed by atoms with E-state index in [0.29, 0.717) is 13.2 Å². The van der Waals surface area contributed by atoms with Crippen LogP contribution in [0.3, 0.4) is 0 Å². The Morgan fingerprint density at radius 1 is 1.25 bits per heavy atom. The number of amides is 1. The summed E-state index contributed by atoms with van der Waals surface area (Å²) in [6.07, 6.45) is 1.44.